The predicted octanol–water partition coefficient (Wildman–Crippen LogP) is 2.19. The van der Waals surface area contributed by atoms with Gasteiger partial charge < -0.3 is 10.5 Å². The standard InChI is InChI=1S/C13H19N3O/c1-9-5-6-11-15-10(7-13(2,3)17-4)12(14)16(11)8-9/h5-6,8H,7,14H2,1-4H3. The lowest BCUT2D eigenvalue weighted by molar-refractivity contribution is 0.0226. The Hall–Kier alpha value is -1.55. The fourth-order valence-electron chi connectivity index (χ4n) is 1.82. The summed E-state index contributed by atoms with van der Waals surface area (Å²) in [6.07, 6.45) is 2.71. The highest BCUT2D eigenvalue weighted by Gasteiger charge is 2.21. The number of pyridine rings is 1. The van der Waals surface area contributed by atoms with Crippen molar-refractivity contribution in [2.45, 2.75) is 32.8 Å². The van der Waals surface area contributed by atoms with Gasteiger partial charge in [0.2, 0.25) is 0 Å². The second-order valence-electron chi connectivity index (χ2n) is 5.02. The summed E-state index contributed by atoms with van der Waals surface area (Å²) in [6, 6.07) is 4.02. The summed E-state index contributed by atoms with van der Waals surface area (Å²) in [4.78, 5) is 4.54. The molecule has 0 saturated carbocycles. The van der Waals surface area contributed by atoms with Crippen molar-refractivity contribution in [2.75, 3.05) is 12.8 Å². The highest BCUT2D eigenvalue weighted by molar-refractivity contribution is 5.53. The Morgan fingerprint density at radius 3 is 2.76 bits per heavy atom. The fraction of sp³-hybridized carbons (Fsp3) is 0.462. The molecule has 0 atom stereocenters. The van der Waals surface area contributed by atoms with E-state index >= 15 is 0 Å². The van der Waals surface area contributed by atoms with Gasteiger partial charge in [0.05, 0.1) is 11.3 Å². The number of hydrogen-bond donors (Lipinski definition) is 1. The second kappa shape index (κ2) is 4.04. The van der Waals surface area contributed by atoms with Gasteiger partial charge in [-0.1, -0.05) is 6.07 Å². The molecule has 0 aliphatic heterocycles. The lowest BCUT2D eigenvalue weighted by Crippen LogP contribution is -2.26. The zero-order chi connectivity index (χ0) is 12.6. The molecule has 0 bridgehead atoms. The van der Waals surface area contributed by atoms with Crippen molar-refractivity contribution >= 4 is 11.5 Å². The molecule has 4 heteroatoms. The molecule has 0 radical (unpaired) electrons. The number of nitrogen functional groups attached to an aromatic ring is 1. The molecule has 92 valence electrons. The van der Waals surface area contributed by atoms with Gasteiger partial charge in [0, 0.05) is 19.7 Å². The molecule has 0 aliphatic carbocycles. The molecule has 2 heterocycles. The van der Waals surface area contributed by atoms with E-state index in [-0.39, 0.29) is 5.60 Å². The molecule has 2 N–H and O–H groups in total. The van der Waals surface area contributed by atoms with Crippen molar-refractivity contribution < 1.29 is 4.74 Å². The van der Waals surface area contributed by atoms with E-state index in [0.29, 0.717) is 12.2 Å². The summed E-state index contributed by atoms with van der Waals surface area (Å²) in [5.74, 6) is 0.703. The van der Waals surface area contributed by atoms with Crippen LogP contribution in [0.25, 0.3) is 5.65 Å². The first kappa shape index (κ1) is 11.9. The largest absolute Gasteiger partial charge is 0.383 e. The maximum atomic E-state index is 6.11. The van der Waals surface area contributed by atoms with Crippen LogP contribution in [0.3, 0.4) is 0 Å². The molecule has 2 rings (SSSR count). The Morgan fingerprint density at radius 2 is 2.12 bits per heavy atom. The Labute approximate surface area is 101 Å². The number of ether oxygens (including phenoxy) is 1. The van der Waals surface area contributed by atoms with E-state index in [1.54, 1.807) is 7.11 Å². The van der Waals surface area contributed by atoms with Gasteiger partial charge in [0.25, 0.3) is 0 Å². The number of aryl methyl sites for hydroxylation is 1. The highest BCUT2D eigenvalue weighted by atomic mass is 16.5. The fourth-order valence-corrected chi connectivity index (χ4v) is 1.82. The first-order valence-electron chi connectivity index (χ1n) is 5.71. The lowest BCUT2D eigenvalue weighted by Gasteiger charge is -2.21. The van der Waals surface area contributed by atoms with Gasteiger partial charge in [-0.15, -0.1) is 0 Å². The minimum Gasteiger partial charge on any atom is -0.383 e. The average molecular weight is 233 g/mol. The van der Waals surface area contributed by atoms with Crippen LogP contribution in [0.2, 0.25) is 0 Å². The summed E-state index contributed by atoms with van der Waals surface area (Å²) in [6.45, 7) is 6.10. The third kappa shape index (κ3) is 2.26. The van der Waals surface area contributed by atoms with Gasteiger partial charge in [-0.25, -0.2) is 4.98 Å². The Morgan fingerprint density at radius 1 is 1.41 bits per heavy atom. The molecule has 0 aliphatic rings. The first-order valence-corrected chi connectivity index (χ1v) is 5.71. The number of imidazole rings is 1. The molecule has 2 aromatic heterocycles. The van der Waals surface area contributed by atoms with E-state index < -0.39 is 0 Å². The molecule has 0 fully saturated rings. The number of fused-ring (bicyclic) bond motifs is 1. The van der Waals surface area contributed by atoms with Crippen molar-refractivity contribution in [3.63, 3.8) is 0 Å². The SMILES string of the molecule is COC(C)(C)Cc1nc2ccc(C)cn2c1N. The minimum atomic E-state index is -0.249. The number of nitrogens with zero attached hydrogens (tertiary/aromatic N) is 2. The molecule has 4 nitrogen and oxygen atoms in total. The molecule has 0 spiro atoms. The number of aromatic nitrogens is 2. The van der Waals surface area contributed by atoms with Crippen molar-refractivity contribution in [1.29, 1.82) is 0 Å². The third-order valence-corrected chi connectivity index (χ3v) is 3.03. The van der Waals surface area contributed by atoms with Crippen molar-refractivity contribution in [2.24, 2.45) is 0 Å². The number of hydrogen-bond acceptors (Lipinski definition) is 3. The van der Waals surface area contributed by atoms with Crippen LogP contribution in [0.4, 0.5) is 5.82 Å². The van der Waals surface area contributed by atoms with Crippen molar-refractivity contribution in [3.8, 4) is 0 Å². The van der Waals surface area contributed by atoms with Gasteiger partial charge in [-0.05, 0) is 32.4 Å². The number of rotatable bonds is 3. The van der Waals surface area contributed by atoms with Crippen LogP contribution < -0.4 is 5.73 Å². The Bertz CT molecular complexity index is 543. The van der Waals surface area contributed by atoms with E-state index in [1.807, 2.05) is 43.5 Å². The second-order valence-corrected chi connectivity index (χ2v) is 5.02. The predicted molar refractivity (Wildman–Crippen MR) is 69.1 cm³/mol. The molecular formula is C13H19N3O. The van der Waals surface area contributed by atoms with E-state index in [0.717, 1.165) is 11.3 Å². The smallest absolute Gasteiger partial charge is 0.138 e. The first-order chi connectivity index (χ1) is 7.93. The molecule has 0 saturated heterocycles. The average Bonchev–Trinajstić information content (AvgIpc) is 2.56. The Balaban J connectivity index is 2.46. The maximum Gasteiger partial charge on any atom is 0.138 e. The minimum absolute atomic E-state index is 0.249. The normalized spacial score (nSPS) is 12.2. The zero-order valence-corrected chi connectivity index (χ0v) is 10.8. The topological polar surface area (TPSA) is 52.5 Å². The molecule has 2 aromatic rings. The van der Waals surface area contributed by atoms with Gasteiger partial charge in [-0.2, -0.15) is 0 Å². The maximum absolute atomic E-state index is 6.11. The summed E-state index contributed by atoms with van der Waals surface area (Å²) < 4.78 is 7.34. The molecule has 0 unspecified atom stereocenters. The molecule has 0 aromatic carbocycles. The molecular weight excluding hydrogens is 214 g/mol. The number of anilines is 1. The van der Waals surface area contributed by atoms with Crippen LogP contribution in [-0.2, 0) is 11.2 Å². The highest BCUT2D eigenvalue weighted by Crippen LogP contribution is 2.22. The van der Waals surface area contributed by atoms with E-state index in [2.05, 4.69) is 4.98 Å². The van der Waals surface area contributed by atoms with Gasteiger partial charge in [0.15, 0.2) is 0 Å². The van der Waals surface area contributed by atoms with Crippen molar-refractivity contribution in [3.05, 3.63) is 29.6 Å². The van der Waals surface area contributed by atoms with E-state index in [9.17, 15) is 0 Å². The van der Waals surface area contributed by atoms with Crippen LogP contribution in [0.5, 0.6) is 0 Å². The number of nitrogens with two attached hydrogens (primary N) is 1. The summed E-state index contributed by atoms with van der Waals surface area (Å²) in [7, 11) is 1.70. The van der Waals surface area contributed by atoms with Crippen LogP contribution in [0.1, 0.15) is 25.1 Å². The molecule has 17 heavy (non-hydrogen) atoms. The number of methoxy groups -OCH3 is 1. The summed E-state index contributed by atoms with van der Waals surface area (Å²) in [5.41, 5.74) is 8.81. The third-order valence-electron chi connectivity index (χ3n) is 3.03. The van der Waals surface area contributed by atoms with Crippen molar-refractivity contribution in [1.82, 2.24) is 9.38 Å². The van der Waals surface area contributed by atoms with Gasteiger partial charge >= 0.3 is 0 Å². The van der Waals surface area contributed by atoms with Crippen LogP contribution in [0.15, 0.2) is 18.3 Å². The van der Waals surface area contributed by atoms with Crippen LogP contribution in [-0.4, -0.2) is 22.1 Å². The van der Waals surface area contributed by atoms with E-state index in [4.69, 9.17) is 10.5 Å². The monoisotopic (exact) mass is 233 g/mol. The zero-order valence-electron chi connectivity index (χ0n) is 10.8. The quantitative estimate of drug-likeness (QED) is 0.884. The van der Waals surface area contributed by atoms with Crippen LogP contribution >= 0.6 is 0 Å². The van der Waals surface area contributed by atoms with Gasteiger partial charge in [0.1, 0.15) is 11.5 Å². The lowest BCUT2D eigenvalue weighted by atomic mass is 10.0. The van der Waals surface area contributed by atoms with Gasteiger partial charge in [-0.3, -0.25) is 4.40 Å². The van der Waals surface area contributed by atoms with Crippen LogP contribution in [0, 0.1) is 6.92 Å². The molecule has 0 amide bonds. The summed E-state index contributed by atoms with van der Waals surface area (Å²) >= 11 is 0. The van der Waals surface area contributed by atoms with E-state index in [1.165, 1.54) is 5.56 Å². The Kier molecular flexibility index (Phi) is 2.83. The summed E-state index contributed by atoms with van der Waals surface area (Å²) in [5, 5.41) is 0.